The minimum absolute atomic E-state index is 0.0930. The minimum atomic E-state index is -5.03. The molecule has 0 aliphatic carbocycles. The van der Waals surface area contributed by atoms with Crippen LogP contribution in [0.1, 0.15) is 24.8 Å². The second-order valence-electron chi connectivity index (χ2n) is 6.10. The lowest BCUT2D eigenvalue weighted by atomic mass is 9.85. The van der Waals surface area contributed by atoms with Crippen LogP contribution in [0.3, 0.4) is 0 Å². The summed E-state index contributed by atoms with van der Waals surface area (Å²) in [5.41, 5.74) is 6.14. The van der Waals surface area contributed by atoms with E-state index in [0.29, 0.717) is 18.5 Å². The number of alkyl halides is 3. The predicted molar refractivity (Wildman–Crippen MR) is 82.0 cm³/mol. The van der Waals surface area contributed by atoms with E-state index in [0.717, 1.165) is 0 Å². The van der Waals surface area contributed by atoms with Gasteiger partial charge in [0.25, 0.3) is 0 Å². The number of nitrogens with two attached hydrogens (primary N) is 1. The van der Waals surface area contributed by atoms with Gasteiger partial charge in [0, 0.05) is 19.0 Å². The van der Waals surface area contributed by atoms with Gasteiger partial charge in [-0.3, -0.25) is 9.59 Å². The average Bonchev–Trinajstić information content (AvgIpc) is 2.54. The Morgan fingerprint density at radius 2 is 1.88 bits per heavy atom. The fourth-order valence-electron chi connectivity index (χ4n) is 2.95. The molecule has 1 aliphatic heterocycles. The summed E-state index contributed by atoms with van der Waals surface area (Å²) >= 11 is 0. The molecular weight excluding hydrogens is 342 g/mol. The number of hydrogen-bond donors (Lipinski definition) is 2. The second kappa shape index (κ2) is 7.38. The molecule has 1 aromatic carbocycles. The molecule has 5 nitrogen and oxygen atoms in total. The van der Waals surface area contributed by atoms with Crippen LogP contribution in [0.15, 0.2) is 24.3 Å². The maximum absolute atomic E-state index is 13.1. The van der Waals surface area contributed by atoms with Crippen LogP contribution in [0, 0.1) is 5.82 Å². The number of nitrogens with one attached hydrogen (secondary N) is 1. The number of rotatable bonds is 3. The summed E-state index contributed by atoms with van der Waals surface area (Å²) in [4.78, 5) is 24.7. The minimum Gasteiger partial charge on any atom is -0.343 e. The van der Waals surface area contributed by atoms with E-state index < -0.39 is 41.8 Å². The molecule has 1 saturated heterocycles. The average molecular weight is 361 g/mol. The number of benzene rings is 1. The summed E-state index contributed by atoms with van der Waals surface area (Å²) in [5.74, 6) is -3.41. The van der Waals surface area contributed by atoms with Crippen LogP contribution in [0.2, 0.25) is 0 Å². The van der Waals surface area contributed by atoms with Gasteiger partial charge in [0.05, 0.1) is 12.1 Å². The van der Waals surface area contributed by atoms with Crippen LogP contribution in [-0.4, -0.2) is 48.1 Å². The van der Waals surface area contributed by atoms with E-state index in [1.807, 2.05) is 5.32 Å². The zero-order valence-corrected chi connectivity index (χ0v) is 13.5. The first-order chi connectivity index (χ1) is 11.6. The molecule has 0 saturated carbocycles. The van der Waals surface area contributed by atoms with Crippen molar-refractivity contribution >= 4 is 11.8 Å². The highest BCUT2D eigenvalue weighted by Gasteiger charge is 2.42. The van der Waals surface area contributed by atoms with Crippen molar-refractivity contribution in [1.82, 2.24) is 10.2 Å². The van der Waals surface area contributed by atoms with E-state index >= 15 is 0 Å². The molecule has 0 aromatic heterocycles. The molecule has 9 heteroatoms. The number of halogens is 4. The van der Waals surface area contributed by atoms with Crippen molar-refractivity contribution in [1.29, 1.82) is 0 Å². The van der Waals surface area contributed by atoms with Crippen molar-refractivity contribution in [2.75, 3.05) is 13.1 Å². The Balaban J connectivity index is 2.23. The molecule has 138 valence electrons. The van der Waals surface area contributed by atoms with Gasteiger partial charge in [-0.05, 0) is 31.0 Å². The van der Waals surface area contributed by atoms with Gasteiger partial charge in [-0.1, -0.05) is 12.1 Å². The molecule has 1 fully saturated rings. The standard InChI is InChI=1S/C16H19F4N3O2/c1-9(21)14(24)23-7-6-12(10-2-4-11(17)5-3-10)13(8-23)22-15(25)16(18,19)20/h2-5,9,12-13H,6-8,21H2,1H3,(H,22,25)/t9-,12?,13?/m1/s1. The number of carbonyl (C=O) groups excluding carboxylic acids is 2. The lowest BCUT2D eigenvalue weighted by Crippen LogP contribution is -2.57. The highest BCUT2D eigenvalue weighted by Crippen LogP contribution is 2.30. The first-order valence-corrected chi connectivity index (χ1v) is 7.77. The maximum atomic E-state index is 13.1. The fourth-order valence-corrected chi connectivity index (χ4v) is 2.95. The number of nitrogens with zero attached hydrogens (tertiary/aromatic N) is 1. The van der Waals surface area contributed by atoms with Gasteiger partial charge in [-0.2, -0.15) is 13.2 Å². The number of hydrogen-bond acceptors (Lipinski definition) is 3. The second-order valence-corrected chi connectivity index (χ2v) is 6.10. The largest absolute Gasteiger partial charge is 0.471 e. The van der Waals surface area contributed by atoms with E-state index in [9.17, 15) is 27.2 Å². The van der Waals surface area contributed by atoms with Crippen LogP contribution in [0.5, 0.6) is 0 Å². The molecule has 2 rings (SSSR count). The van der Waals surface area contributed by atoms with Crippen molar-refractivity contribution in [3.05, 3.63) is 35.6 Å². The third kappa shape index (κ3) is 4.68. The van der Waals surface area contributed by atoms with E-state index in [1.54, 1.807) is 0 Å². The Morgan fingerprint density at radius 3 is 2.40 bits per heavy atom. The molecule has 0 spiro atoms. The topological polar surface area (TPSA) is 75.4 Å². The van der Waals surface area contributed by atoms with Crippen molar-refractivity contribution in [3.63, 3.8) is 0 Å². The first kappa shape index (κ1) is 19.2. The Bertz CT molecular complexity index is 631. The molecule has 0 bridgehead atoms. The highest BCUT2D eigenvalue weighted by atomic mass is 19.4. The lowest BCUT2D eigenvalue weighted by Gasteiger charge is -2.40. The van der Waals surface area contributed by atoms with E-state index in [4.69, 9.17) is 5.73 Å². The van der Waals surface area contributed by atoms with Crippen LogP contribution in [-0.2, 0) is 9.59 Å². The summed E-state index contributed by atoms with van der Waals surface area (Å²) in [7, 11) is 0. The van der Waals surface area contributed by atoms with Gasteiger partial charge in [-0.15, -0.1) is 0 Å². The Hall–Kier alpha value is -2.16. The Morgan fingerprint density at radius 1 is 1.28 bits per heavy atom. The number of carbonyl (C=O) groups is 2. The van der Waals surface area contributed by atoms with Crippen LogP contribution in [0.25, 0.3) is 0 Å². The molecule has 1 heterocycles. The smallest absolute Gasteiger partial charge is 0.343 e. The first-order valence-electron chi connectivity index (χ1n) is 7.77. The fraction of sp³-hybridized carbons (Fsp3) is 0.500. The number of piperidine rings is 1. The molecule has 1 aromatic rings. The van der Waals surface area contributed by atoms with E-state index in [-0.39, 0.29) is 6.54 Å². The molecule has 0 radical (unpaired) electrons. The Labute approximate surface area is 142 Å². The predicted octanol–water partition coefficient (Wildman–Crippen LogP) is 1.54. The van der Waals surface area contributed by atoms with Gasteiger partial charge < -0.3 is 16.0 Å². The molecular formula is C16H19F4N3O2. The lowest BCUT2D eigenvalue weighted by molar-refractivity contribution is -0.175. The van der Waals surface area contributed by atoms with Gasteiger partial charge in [0.2, 0.25) is 5.91 Å². The SMILES string of the molecule is C[C@@H](N)C(=O)N1CCC(c2ccc(F)cc2)C(NC(=O)C(F)(F)F)C1. The molecule has 2 unspecified atom stereocenters. The maximum Gasteiger partial charge on any atom is 0.471 e. The van der Waals surface area contributed by atoms with E-state index in [2.05, 4.69) is 0 Å². The van der Waals surface area contributed by atoms with Gasteiger partial charge in [-0.25, -0.2) is 4.39 Å². The summed E-state index contributed by atoms with van der Waals surface area (Å²) < 4.78 is 50.9. The van der Waals surface area contributed by atoms with Gasteiger partial charge in [0.1, 0.15) is 5.82 Å². The van der Waals surface area contributed by atoms with Crippen molar-refractivity contribution in [2.24, 2.45) is 5.73 Å². The number of amides is 2. The van der Waals surface area contributed by atoms with E-state index in [1.165, 1.54) is 36.1 Å². The van der Waals surface area contributed by atoms with Gasteiger partial charge >= 0.3 is 12.1 Å². The molecule has 2 amide bonds. The third-order valence-corrected chi connectivity index (χ3v) is 4.19. The summed E-state index contributed by atoms with van der Waals surface area (Å²) in [6, 6.07) is 3.61. The molecule has 3 atom stereocenters. The third-order valence-electron chi connectivity index (χ3n) is 4.19. The normalized spacial score (nSPS) is 22.4. The zero-order valence-electron chi connectivity index (χ0n) is 13.5. The van der Waals surface area contributed by atoms with Crippen molar-refractivity contribution in [3.8, 4) is 0 Å². The van der Waals surface area contributed by atoms with Crippen molar-refractivity contribution < 1.29 is 27.2 Å². The molecule has 3 N–H and O–H groups in total. The van der Waals surface area contributed by atoms with Crippen molar-refractivity contribution in [2.45, 2.75) is 37.5 Å². The van der Waals surface area contributed by atoms with Gasteiger partial charge in [0.15, 0.2) is 0 Å². The molecule has 25 heavy (non-hydrogen) atoms. The van der Waals surface area contributed by atoms with Crippen LogP contribution in [0.4, 0.5) is 17.6 Å². The highest BCUT2D eigenvalue weighted by molar-refractivity contribution is 5.83. The summed E-state index contributed by atoms with van der Waals surface area (Å²) in [6.07, 6.45) is -4.70. The zero-order chi connectivity index (χ0) is 18.8. The summed E-state index contributed by atoms with van der Waals surface area (Å²) in [6.45, 7) is 1.68. The quantitative estimate of drug-likeness (QED) is 0.802. The molecule has 1 aliphatic rings. The number of likely N-dealkylation sites (tertiary alicyclic amines) is 1. The van der Waals surface area contributed by atoms with Crippen LogP contribution >= 0.6 is 0 Å². The van der Waals surface area contributed by atoms with Crippen LogP contribution < -0.4 is 11.1 Å². The monoisotopic (exact) mass is 361 g/mol. The summed E-state index contributed by atoms with van der Waals surface area (Å²) in [5, 5.41) is 1.95. The Kier molecular flexibility index (Phi) is 5.66.